The van der Waals surface area contributed by atoms with Crippen LogP contribution in [0.2, 0.25) is 0 Å². The van der Waals surface area contributed by atoms with E-state index in [1.54, 1.807) is 0 Å². The summed E-state index contributed by atoms with van der Waals surface area (Å²) in [7, 11) is -0.688. The minimum absolute atomic E-state index is 0.236. The van der Waals surface area contributed by atoms with Crippen LogP contribution in [0.25, 0.3) is 0 Å². The highest BCUT2D eigenvalue weighted by molar-refractivity contribution is 8.31. The van der Waals surface area contributed by atoms with Crippen LogP contribution in [0.3, 0.4) is 0 Å². The van der Waals surface area contributed by atoms with Gasteiger partial charge in [-0.05, 0) is 24.2 Å². The highest BCUT2D eigenvalue weighted by Crippen LogP contribution is 2.36. The smallest absolute Gasteiger partial charge is 0.0160 e. The van der Waals surface area contributed by atoms with Crippen LogP contribution in [0.5, 0.6) is 0 Å². The molecule has 0 unspecified atom stereocenters. The summed E-state index contributed by atoms with van der Waals surface area (Å²) in [6.45, 7) is 6.51. The van der Waals surface area contributed by atoms with E-state index in [-0.39, 0.29) is 5.41 Å². The Bertz CT molecular complexity index is 109. The first-order valence-corrected chi connectivity index (χ1v) is 6.27. The Balaban J connectivity index is 4.01. The number of nitrogens with zero attached hydrogens (tertiary/aromatic N) is 1. The molecule has 0 aliphatic heterocycles. The lowest BCUT2D eigenvalue weighted by molar-refractivity contribution is 0.608. The summed E-state index contributed by atoms with van der Waals surface area (Å²) in [6, 6.07) is 0. The molecule has 0 aromatic rings. The molecule has 0 saturated carbocycles. The summed E-state index contributed by atoms with van der Waals surface area (Å²) >= 11 is 0. The number of hydrogen-bond acceptors (Lipinski definition) is 1. The quantitative estimate of drug-likeness (QED) is 0.524. The monoisotopic (exact) mass is 161 g/mol. The van der Waals surface area contributed by atoms with E-state index in [2.05, 4.69) is 50.2 Å². The standard InChI is InChI=1S/C8H19NS/c1-8(2,3)7-9-10(4,5)6/h7H,1-6H3. The first-order valence-electron chi connectivity index (χ1n) is 3.45. The summed E-state index contributed by atoms with van der Waals surface area (Å²) in [5.74, 6) is 0. The molecule has 0 aromatic heterocycles. The molecule has 1 nitrogen and oxygen atoms in total. The van der Waals surface area contributed by atoms with Gasteiger partial charge in [-0.2, -0.15) is 10.2 Å². The molecule has 0 aromatic carbocycles. The van der Waals surface area contributed by atoms with Crippen LogP contribution in [-0.4, -0.2) is 25.0 Å². The number of hydrogen-bond donors (Lipinski definition) is 0. The molecule has 2 heteroatoms. The molecular formula is C8H19NS. The first kappa shape index (κ1) is 10.0. The molecule has 0 spiro atoms. The van der Waals surface area contributed by atoms with E-state index in [4.69, 9.17) is 0 Å². The molecule has 0 rings (SSSR count). The lowest BCUT2D eigenvalue weighted by Crippen LogP contribution is -2.06. The van der Waals surface area contributed by atoms with E-state index in [1.165, 1.54) is 0 Å². The maximum atomic E-state index is 4.49. The summed E-state index contributed by atoms with van der Waals surface area (Å²) in [5.41, 5.74) is 0.236. The van der Waals surface area contributed by atoms with E-state index < -0.39 is 10.2 Å². The second kappa shape index (κ2) is 2.95. The molecule has 62 valence electrons. The maximum Gasteiger partial charge on any atom is 0.0160 e. The third kappa shape index (κ3) is 8.02. The third-order valence-electron chi connectivity index (χ3n) is 0.756. The SMILES string of the molecule is CC(C)(C)C=NS(C)(C)C. The average molecular weight is 161 g/mol. The molecule has 0 aliphatic rings. The van der Waals surface area contributed by atoms with Crippen LogP contribution in [0.1, 0.15) is 20.8 Å². The molecule has 0 radical (unpaired) electrons. The van der Waals surface area contributed by atoms with Gasteiger partial charge in [0.2, 0.25) is 0 Å². The molecule has 10 heavy (non-hydrogen) atoms. The normalized spacial score (nSPS) is 16.2. The summed E-state index contributed by atoms with van der Waals surface area (Å²) in [6.07, 6.45) is 8.63. The van der Waals surface area contributed by atoms with Gasteiger partial charge in [-0.25, -0.2) is 0 Å². The minimum Gasteiger partial charge on any atom is -0.250 e. The Morgan fingerprint density at radius 1 is 1.10 bits per heavy atom. The number of rotatable bonds is 1. The van der Waals surface area contributed by atoms with E-state index in [9.17, 15) is 0 Å². The lowest BCUT2D eigenvalue weighted by Gasteiger charge is -2.21. The topological polar surface area (TPSA) is 12.4 Å². The third-order valence-corrected chi connectivity index (χ3v) is 1.49. The van der Waals surface area contributed by atoms with Gasteiger partial charge in [0.15, 0.2) is 0 Å². The van der Waals surface area contributed by atoms with Crippen molar-refractivity contribution in [3.63, 3.8) is 0 Å². The van der Waals surface area contributed by atoms with Gasteiger partial charge in [0.1, 0.15) is 0 Å². The van der Waals surface area contributed by atoms with Crippen LogP contribution < -0.4 is 0 Å². The fourth-order valence-electron chi connectivity index (χ4n) is 0.316. The second-order valence-corrected chi connectivity index (χ2v) is 8.13. The highest BCUT2D eigenvalue weighted by Gasteiger charge is 2.07. The van der Waals surface area contributed by atoms with Crippen LogP contribution in [0, 0.1) is 5.41 Å². The van der Waals surface area contributed by atoms with Gasteiger partial charge in [0.25, 0.3) is 0 Å². The predicted molar refractivity (Wildman–Crippen MR) is 53.3 cm³/mol. The molecule has 0 fully saturated rings. The van der Waals surface area contributed by atoms with E-state index in [0.29, 0.717) is 0 Å². The Morgan fingerprint density at radius 3 is 1.60 bits per heavy atom. The first-order chi connectivity index (χ1) is 4.21. The average Bonchev–Trinajstić information content (AvgIpc) is 1.57. The zero-order valence-corrected chi connectivity index (χ0v) is 8.75. The maximum absolute atomic E-state index is 4.49. The van der Waals surface area contributed by atoms with Gasteiger partial charge in [-0.15, -0.1) is 0 Å². The van der Waals surface area contributed by atoms with Crippen LogP contribution in [0.4, 0.5) is 0 Å². The van der Waals surface area contributed by atoms with Crippen LogP contribution in [0.15, 0.2) is 4.40 Å². The van der Waals surface area contributed by atoms with Crippen molar-refractivity contribution in [2.24, 2.45) is 9.81 Å². The second-order valence-electron chi connectivity index (χ2n) is 4.37. The molecule has 0 atom stereocenters. The zero-order valence-electron chi connectivity index (χ0n) is 7.93. The molecule has 0 amide bonds. The Hall–Kier alpha value is 0.0200. The highest BCUT2D eigenvalue weighted by atomic mass is 32.3. The van der Waals surface area contributed by atoms with Gasteiger partial charge in [0, 0.05) is 6.21 Å². The predicted octanol–water partition coefficient (Wildman–Crippen LogP) is 2.71. The van der Waals surface area contributed by atoms with Crippen LogP contribution in [-0.2, 0) is 0 Å². The van der Waals surface area contributed by atoms with Crippen molar-refractivity contribution in [1.29, 1.82) is 0 Å². The van der Waals surface area contributed by atoms with Crippen molar-refractivity contribution >= 4 is 16.4 Å². The summed E-state index contributed by atoms with van der Waals surface area (Å²) in [5, 5.41) is 0. The summed E-state index contributed by atoms with van der Waals surface area (Å²) < 4.78 is 4.49. The summed E-state index contributed by atoms with van der Waals surface area (Å²) in [4.78, 5) is 0. The zero-order chi connectivity index (χ0) is 8.41. The van der Waals surface area contributed by atoms with E-state index >= 15 is 0 Å². The van der Waals surface area contributed by atoms with Gasteiger partial charge < -0.3 is 0 Å². The van der Waals surface area contributed by atoms with Crippen molar-refractivity contribution in [2.75, 3.05) is 18.8 Å². The molecular weight excluding hydrogens is 142 g/mol. The molecule has 0 bridgehead atoms. The van der Waals surface area contributed by atoms with Crippen molar-refractivity contribution in [2.45, 2.75) is 20.8 Å². The van der Waals surface area contributed by atoms with Gasteiger partial charge in [0.05, 0.1) is 0 Å². The molecule has 0 saturated heterocycles. The fraction of sp³-hybridized carbons (Fsp3) is 0.875. The van der Waals surface area contributed by atoms with Crippen molar-refractivity contribution in [3.05, 3.63) is 0 Å². The Kier molecular flexibility index (Phi) is 2.96. The van der Waals surface area contributed by atoms with Gasteiger partial charge in [-0.1, -0.05) is 20.8 Å². The van der Waals surface area contributed by atoms with Crippen molar-refractivity contribution in [3.8, 4) is 0 Å². The van der Waals surface area contributed by atoms with Crippen molar-refractivity contribution < 1.29 is 0 Å². The van der Waals surface area contributed by atoms with Gasteiger partial charge >= 0.3 is 0 Å². The van der Waals surface area contributed by atoms with Gasteiger partial charge in [-0.3, -0.25) is 4.40 Å². The molecule has 0 N–H and O–H groups in total. The lowest BCUT2D eigenvalue weighted by atomic mass is 10.00. The van der Waals surface area contributed by atoms with E-state index in [1.807, 2.05) is 0 Å². The van der Waals surface area contributed by atoms with Crippen LogP contribution >= 0.6 is 10.2 Å². The van der Waals surface area contributed by atoms with E-state index in [0.717, 1.165) is 0 Å². The largest absolute Gasteiger partial charge is 0.250 e. The molecule has 0 heterocycles. The Morgan fingerprint density at radius 2 is 1.50 bits per heavy atom. The molecule has 0 aliphatic carbocycles. The fourth-order valence-corrected chi connectivity index (χ4v) is 0.949. The van der Waals surface area contributed by atoms with Crippen molar-refractivity contribution in [1.82, 2.24) is 0 Å². The Labute approximate surface area is 66.4 Å². The minimum atomic E-state index is -0.688.